The summed E-state index contributed by atoms with van der Waals surface area (Å²) in [6.07, 6.45) is -3.52. The molecule has 0 aromatic carbocycles. The SMILES string of the molecule is NC[C@@H]1NC(CO)[C@H](O)C(O)[C@H]1O. The summed E-state index contributed by atoms with van der Waals surface area (Å²) in [6, 6.07) is -1.12. The van der Waals surface area contributed by atoms with Crippen LogP contribution in [0.5, 0.6) is 0 Å². The van der Waals surface area contributed by atoms with E-state index in [0.717, 1.165) is 0 Å². The summed E-state index contributed by atoms with van der Waals surface area (Å²) in [4.78, 5) is 0. The molecule has 1 aliphatic rings. The number of aliphatic hydroxyl groups excluding tert-OH is 4. The maximum Gasteiger partial charge on any atom is 0.109 e. The highest BCUT2D eigenvalue weighted by atomic mass is 16.4. The maximum atomic E-state index is 9.39. The summed E-state index contributed by atoms with van der Waals surface area (Å²) in [6.45, 7) is -0.164. The van der Waals surface area contributed by atoms with Crippen molar-refractivity contribution in [3.8, 4) is 0 Å². The highest BCUT2D eigenvalue weighted by Crippen LogP contribution is 2.14. The van der Waals surface area contributed by atoms with Gasteiger partial charge in [-0.05, 0) is 0 Å². The Morgan fingerprint density at radius 1 is 1.00 bits per heavy atom. The van der Waals surface area contributed by atoms with Gasteiger partial charge in [-0.1, -0.05) is 0 Å². The van der Waals surface area contributed by atoms with Gasteiger partial charge < -0.3 is 31.5 Å². The summed E-state index contributed by atoms with van der Waals surface area (Å²) in [7, 11) is 0. The molecule has 5 atom stereocenters. The van der Waals surface area contributed by atoms with Crippen molar-refractivity contribution in [2.45, 2.75) is 30.4 Å². The average Bonchev–Trinajstić information content (AvgIpc) is 2.15. The number of hydrogen-bond donors (Lipinski definition) is 6. The van der Waals surface area contributed by atoms with Gasteiger partial charge in [-0.25, -0.2) is 0 Å². The van der Waals surface area contributed by atoms with Crippen LogP contribution in [-0.4, -0.2) is 64.0 Å². The lowest BCUT2D eigenvalue weighted by molar-refractivity contribution is -0.117. The fourth-order valence-corrected chi connectivity index (χ4v) is 1.52. The number of rotatable bonds is 2. The van der Waals surface area contributed by atoms with Crippen LogP contribution >= 0.6 is 0 Å². The van der Waals surface area contributed by atoms with Crippen molar-refractivity contribution >= 4 is 0 Å². The van der Waals surface area contributed by atoms with Crippen LogP contribution < -0.4 is 11.1 Å². The van der Waals surface area contributed by atoms with Crippen molar-refractivity contribution < 1.29 is 20.4 Å². The lowest BCUT2D eigenvalue weighted by Gasteiger charge is -2.40. The van der Waals surface area contributed by atoms with Gasteiger partial charge in [0.05, 0.1) is 24.9 Å². The molecule has 0 radical (unpaired) electrons. The second kappa shape index (κ2) is 4.32. The molecule has 1 fully saturated rings. The standard InChI is InChI=1S/C7H16N2O4/c8-1-3-5(11)7(13)6(12)4(2-10)9-3/h3-7,9-13H,1-2,8H2/t3-,4?,5-,6-,7?/m0/s1. The van der Waals surface area contributed by atoms with Crippen molar-refractivity contribution in [2.24, 2.45) is 5.73 Å². The van der Waals surface area contributed by atoms with Crippen LogP contribution in [0.4, 0.5) is 0 Å². The molecule has 2 unspecified atom stereocenters. The van der Waals surface area contributed by atoms with Crippen LogP contribution in [0.15, 0.2) is 0 Å². The Morgan fingerprint density at radius 3 is 2.00 bits per heavy atom. The summed E-state index contributed by atoms with van der Waals surface area (Å²) >= 11 is 0. The van der Waals surface area contributed by atoms with Crippen LogP contribution in [0.2, 0.25) is 0 Å². The molecule has 1 saturated heterocycles. The summed E-state index contributed by atoms with van der Waals surface area (Å²) in [5, 5.41) is 39.6. The first-order valence-corrected chi connectivity index (χ1v) is 4.23. The molecule has 0 bridgehead atoms. The van der Waals surface area contributed by atoms with E-state index in [1.807, 2.05) is 0 Å². The van der Waals surface area contributed by atoms with Crippen LogP contribution in [0.3, 0.4) is 0 Å². The molecule has 0 amide bonds. The van der Waals surface area contributed by atoms with E-state index in [-0.39, 0.29) is 13.2 Å². The first-order chi connectivity index (χ1) is 6.11. The Kier molecular flexibility index (Phi) is 3.60. The predicted octanol–water partition coefficient (Wildman–Crippen LogP) is -3.64. The van der Waals surface area contributed by atoms with Crippen molar-refractivity contribution in [1.82, 2.24) is 5.32 Å². The van der Waals surface area contributed by atoms with Crippen LogP contribution in [0.1, 0.15) is 0 Å². The zero-order chi connectivity index (χ0) is 10.0. The third-order valence-corrected chi connectivity index (χ3v) is 2.40. The highest BCUT2D eigenvalue weighted by Gasteiger charge is 2.41. The van der Waals surface area contributed by atoms with Crippen molar-refractivity contribution in [3.63, 3.8) is 0 Å². The molecule has 78 valence electrons. The molecule has 6 nitrogen and oxygen atoms in total. The number of piperidine rings is 1. The second-order valence-corrected chi connectivity index (χ2v) is 3.27. The Balaban J connectivity index is 2.66. The molecular weight excluding hydrogens is 176 g/mol. The molecule has 6 heteroatoms. The molecule has 1 rings (SSSR count). The fourth-order valence-electron chi connectivity index (χ4n) is 1.52. The molecule has 0 spiro atoms. The van der Waals surface area contributed by atoms with Crippen LogP contribution in [0.25, 0.3) is 0 Å². The molecule has 13 heavy (non-hydrogen) atoms. The van der Waals surface area contributed by atoms with Gasteiger partial charge in [-0.3, -0.25) is 0 Å². The molecule has 0 aliphatic carbocycles. The van der Waals surface area contributed by atoms with Gasteiger partial charge in [-0.2, -0.15) is 0 Å². The van der Waals surface area contributed by atoms with E-state index in [1.165, 1.54) is 0 Å². The second-order valence-electron chi connectivity index (χ2n) is 3.27. The minimum Gasteiger partial charge on any atom is -0.395 e. The number of nitrogens with one attached hydrogen (secondary N) is 1. The van der Waals surface area contributed by atoms with E-state index >= 15 is 0 Å². The molecule has 7 N–H and O–H groups in total. The third-order valence-electron chi connectivity index (χ3n) is 2.40. The molecular formula is C7H16N2O4. The first-order valence-electron chi connectivity index (χ1n) is 4.23. The molecule has 0 aromatic heterocycles. The predicted molar refractivity (Wildman–Crippen MR) is 44.9 cm³/mol. The van der Waals surface area contributed by atoms with Crippen LogP contribution in [0, 0.1) is 0 Å². The monoisotopic (exact) mass is 192 g/mol. The fraction of sp³-hybridized carbons (Fsp3) is 1.00. The Hall–Kier alpha value is -0.240. The van der Waals surface area contributed by atoms with Crippen LogP contribution in [-0.2, 0) is 0 Å². The number of nitrogens with two attached hydrogens (primary N) is 1. The van der Waals surface area contributed by atoms with Gasteiger partial charge in [0.15, 0.2) is 0 Å². The van der Waals surface area contributed by atoms with Crippen molar-refractivity contribution in [3.05, 3.63) is 0 Å². The third kappa shape index (κ3) is 1.98. The van der Waals surface area contributed by atoms with Crippen molar-refractivity contribution in [2.75, 3.05) is 13.2 Å². The largest absolute Gasteiger partial charge is 0.395 e. The number of hydrogen-bond acceptors (Lipinski definition) is 6. The number of aliphatic hydroxyl groups is 4. The van der Waals surface area contributed by atoms with E-state index < -0.39 is 30.4 Å². The summed E-state index contributed by atoms with van der Waals surface area (Å²) in [5.74, 6) is 0. The molecule has 0 aromatic rings. The zero-order valence-corrected chi connectivity index (χ0v) is 7.17. The van der Waals surface area contributed by atoms with Gasteiger partial charge in [-0.15, -0.1) is 0 Å². The van der Waals surface area contributed by atoms with Gasteiger partial charge in [0.1, 0.15) is 6.10 Å². The lowest BCUT2D eigenvalue weighted by atomic mass is 9.90. The topological polar surface area (TPSA) is 119 Å². The van der Waals surface area contributed by atoms with Crippen molar-refractivity contribution in [1.29, 1.82) is 0 Å². The average molecular weight is 192 g/mol. The molecule has 0 saturated carbocycles. The van der Waals surface area contributed by atoms with Gasteiger partial charge in [0.2, 0.25) is 0 Å². The summed E-state index contributed by atoms with van der Waals surface area (Å²) < 4.78 is 0. The Bertz CT molecular complexity index is 149. The lowest BCUT2D eigenvalue weighted by Crippen LogP contribution is -2.67. The quantitative estimate of drug-likeness (QED) is 0.268. The highest BCUT2D eigenvalue weighted by molar-refractivity contribution is 4.98. The molecule has 1 heterocycles. The van der Waals surface area contributed by atoms with E-state index in [9.17, 15) is 15.3 Å². The van der Waals surface area contributed by atoms with Gasteiger partial charge >= 0.3 is 0 Å². The first kappa shape index (κ1) is 10.8. The Morgan fingerprint density at radius 2 is 1.54 bits per heavy atom. The van der Waals surface area contributed by atoms with Gasteiger partial charge in [0, 0.05) is 12.6 Å². The zero-order valence-electron chi connectivity index (χ0n) is 7.17. The maximum absolute atomic E-state index is 9.39. The minimum absolute atomic E-state index is 0.140. The van der Waals surface area contributed by atoms with E-state index in [1.54, 1.807) is 0 Å². The Labute approximate surface area is 76.0 Å². The van der Waals surface area contributed by atoms with Gasteiger partial charge in [0.25, 0.3) is 0 Å². The normalized spacial score (nSPS) is 46.4. The van der Waals surface area contributed by atoms with E-state index in [4.69, 9.17) is 10.8 Å². The minimum atomic E-state index is -1.26. The molecule has 1 aliphatic heterocycles. The van der Waals surface area contributed by atoms with E-state index in [0.29, 0.717) is 0 Å². The smallest absolute Gasteiger partial charge is 0.109 e. The van der Waals surface area contributed by atoms with E-state index in [2.05, 4.69) is 5.32 Å². The summed E-state index contributed by atoms with van der Waals surface area (Å²) in [5.41, 5.74) is 5.32.